The predicted molar refractivity (Wildman–Crippen MR) is 121 cm³/mol. The van der Waals surface area contributed by atoms with Crippen molar-refractivity contribution in [2.24, 2.45) is 0 Å². The Morgan fingerprint density at radius 1 is 1.06 bits per heavy atom. The van der Waals surface area contributed by atoms with Crippen molar-refractivity contribution in [1.29, 1.82) is 0 Å². The molecule has 3 rings (SSSR count). The van der Waals surface area contributed by atoms with Gasteiger partial charge in [0.25, 0.3) is 0 Å². The molecule has 0 bridgehead atoms. The average Bonchev–Trinajstić information content (AvgIpc) is 2.82. The van der Waals surface area contributed by atoms with Gasteiger partial charge < -0.3 is 9.47 Å². The molecular weight excluding hydrogens is 411 g/mol. The Morgan fingerprint density at radius 3 is 2.44 bits per heavy atom. The minimum atomic E-state index is -0.620. The van der Waals surface area contributed by atoms with E-state index in [1.54, 1.807) is 50.6 Å². The average molecular weight is 436 g/mol. The van der Waals surface area contributed by atoms with Crippen molar-refractivity contribution in [1.82, 2.24) is 4.98 Å². The highest BCUT2D eigenvalue weighted by molar-refractivity contribution is 5.96. The predicted octanol–water partition coefficient (Wildman–Crippen LogP) is 5.30. The number of rotatable bonds is 8. The SMILES string of the molecule is CCOC(=O)N(C)c1ccc(-c2ccc(C(=O)CCc3cccnc3OC)cc2)cc1F. The second-order valence-electron chi connectivity index (χ2n) is 7.10. The molecule has 0 fully saturated rings. The fraction of sp³-hybridized carbons (Fsp3) is 0.240. The van der Waals surface area contributed by atoms with Gasteiger partial charge in [0.05, 0.1) is 19.4 Å². The first kappa shape index (κ1) is 22.9. The maximum atomic E-state index is 14.6. The summed E-state index contributed by atoms with van der Waals surface area (Å²) in [5, 5.41) is 0. The van der Waals surface area contributed by atoms with Gasteiger partial charge in [-0.25, -0.2) is 14.2 Å². The number of ketones is 1. The molecule has 3 aromatic rings. The second kappa shape index (κ2) is 10.5. The third-order valence-electron chi connectivity index (χ3n) is 5.06. The van der Waals surface area contributed by atoms with Gasteiger partial charge >= 0.3 is 6.09 Å². The van der Waals surface area contributed by atoms with E-state index < -0.39 is 11.9 Å². The summed E-state index contributed by atoms with van der Waals surface area (Å²) in [5.74, 6) is -0.0154. The van der Waals surface area contributed by atoms with Crippen molar-refractivity contribution in [2.45, 2.75) is 19.8 Å². The van der Waals surface area contributed by atoms with E-state index in [9.17, 15) is 14.0 Å². The lowest BCUT2D eigenvalue weighted by atomic mass is 9.99. The summed E-state index contributed by atoms with van der Waals surface area (Å²) in [5.41, 5.74) is 2.99. The summed E-state index contributed by atoms with van der Waals surface area (Å²) in [6, 6.07) is 15.3. The molecule has 166 valence electrons. The third kappa shape index (κ3) is 5.29. The van der Waals surface area contributed by atoms with Gasteiger partial charge in [-0.15, -0.1) is 0 Å². The van der Waals surface area contributed by atoms with Crippen molar-refractivity contribution < 1.29 is 23.5 Å². The van der Waals surface area contributed by atoms with Gasteiger partial charge in [0, 0.05) is 30.8 Å². The Labute approximate surface area is 186 Å². The third-order valence-corrected chi connectivity index (χ3v) is 5.06. The highest BCUT2D eigenvalue weighted by Crippen LogP contribution is 2.27. The lowest BCUT2D eigenvalue weighted by Crippen LogP contribution is -2.27. The Hall–Kier alpha value is -3.74. The van der Waals surface area contributed by atoms with Gasteiger partial charge in [-0.2, -0.15) is 0 Å². The number of ether oxygens (including phenoxy) is 2. The normalized spacial score (nSPS) is 10.5. The maximum absolute atomic E-state index is 14.6. The van der Waals surface area contributed by atoms with Gasteiger partial charge in [-0.05, 0) is 42.7 Å². The van der Waals surface area contributed by atoms with E-state index in [0.29, 0.717) is 29.8 Å². The number of aryl methyl sites for hydroxylation is 1. The van der Waals surface area contributed by atoms with Crippen LogP contribution in [-0.4, -0.2) is 37.6 Å². The van der Waals surface area contributed by atoms with E-state index in [1.165, 1.54) is 19.2 Å². The summed E-state index contributed by atoms with van der Waals surface area (Å²) >= 11 is 0. The summed E-state index contributed by atoms with van der Waals surface area (Å²) in [4.78, 5) is 29.7. The lowest BCUT2D eigenvalue weighted by molar-refractivity contribution is 0.0982. The van der Waals surface area contributed by atoms with Crippen LogP contribution in [0, 0.1) is 5.82 Å². The molecule has 0 unspecified atom stereocenters. The number of carbonyl (C=O) groups is 2. The number of hydrogen-bond donors (Lipinski definition) is 0. The number of aromatic nitrogens is 1. The van der Waals surface area contributed by atoms with Crippen molar-refractivity contribution in [2.75, 3.05) is 25.7 Å². The van der Waals surface area contributed by atoms with Gasteiger partial charge in [0.2, 0.25) is 5.88 Å². The summed E-state index contributed by atoms with van der Waals surface area (Å²) < 4.78 is 24.7. The molecule has 0 aliphatic rings. The van der Waals surface area contributed by atoms with Gasteiger partial charge in [-0.1, -0.05) is 36.4 Å². The zero-order chi connectivity index (χ0) is 23.1. The summed E-state index contributed by atoms with van der Waals surface area (Å²) in [6.45, 7) is 1.90. The van der Waals surface area contributed by atoms with Crippen LogP contribution in [-0.2, 0) is 11.2 Å². The second-order valence-corrected chi connectivity index (χ2v) is 7.10. The number of nitrogens with zero attached hydrogens (tertiary/aromatic N) is 2. The number of methoxy groups -OCH3 is 1. The van der Waals surface area contributed by atoms with E-state index >= 15 is 0 Å². The first-order valence-corrected chi connectivity index (χ1v) is 10.3. The molecular formula is C25H25FN2O4. The highest BCUT2D eigenvalue weighted by Gasteiger charge is 2.16. The van der Waals surface area contributed by atoms with E-state index in [0.717, 1.165) is 16.0 Å². The van der Waals surface area contributed by atoms with Crippen molar-refractivity contribution in [3.63, 3.8) is 0 Å². The van der Waals surface area contributed by atoms with E-state index in [2.05, 4.69) is 4.98 Å². The molecule has 0 aliphatic carbocycles. The lowest BCUT2D eigenvalue weighted by Gasteiger charge is -2.17. The van der Waals surface area contributed by atoms with E-state index in [-0.39, 0.29) is 18.1 Å². The van der Waals surface area contributed by atoms with Crippen molar-refractivity contribution in [3.8, 4) is 17.0 Å². The van der Waals surface area contributed by atoms with Crippen LogP contribution < -0.4 is 9.64 Å². The molecule has 0 N–H and O–H groups in total. The Bertz CT molecular complexity index is 1100. The molecule has 0 atom stereocenters. The smallest absolute Gasteiger partial charge is 0.414 e. The van der Waals surface area contributed by atoms with Crippen LogP contribution in [0.25, 0.3) is 11.1 Å². The fourth-order valence-corrected chi connectivity index (χ4v) is 3.32. The van der Waals surface area contributed by atoms with Crippen LogP contribution in [0.5, 0.6) is 5.88 Å². The number of pyridine rings is 1. The number of amides is 1. The quantitative estimate of drug-likeness (QED) is 0.448. The fourth-order valence-electron chi connectivity index (χ4n) is 3.32. The molecule has 0 radical (unpaired) electrons. The largest absolute Gasteiger partial charge is 0.481 e. The number of Topliss-reactive ketones (excluding diaryl/α,β-unsaturated/α-hetero) is 1. The standard InChI is InChI=1S/C25H25FN2O4/c1-4-32-25(30)28(2)22-13-11-20(16-21(22)26)17-7-9-18(10-8-17)23(29)14-12-19-6-5-15-27-24(19)31-3/h5-11,13,15-16H,4,12,14H2,1-3H3. The molecule has 1 heterocycles. The molecule has 0 saturated heterocycles. The van der Waals surface area contributed by atoms with Crippen LogP contribution in [0.1, 0.15) is 29.3 Å². The number of anilines is 1. The van der Waals surface area contributed by atoms with Crippen molar-refractivity contribution in [3.05, 3.63) is 77.7 Å². The molecule has 7 heteroatoms. The van der Waals surface area contributed by atoms with Crippen LogP contribution in [0.2, 0.25) is 0 Å². The number of hydrogen-bond acceptors (Lipinski definition) is 5. The molecule has 2 aromatic carbocycles. The van der Waals surface area contributed by atoms with Crippen LogP contribution >= 0.6 is 0 Å². The Kier molecular flexibility index (Phi) is 7.54. The topological polar surface area (TPSA) is 68.7 Å². The van der Waals surface area contributed by atoms with Crippen LogP contribution in [0.4, 0.5) is 14.9 Å². The maximum Gasteiger partial charge on any atom is 0.414 e. The summed E-state index contributed by atoms with van der Waals surface area (Å²) in [7, 11) is 3.01. The first-order chi connectivity index (χ1) is 15.4. The number of halogens is 1. The van der Waals surface area contributed by atoms with Gasteiger partial charge in [0.1, 0.15) is 5.82 Å². The Balaban J connectivity index is 1.69. The number of carbonyl (C=O) groups excluding carboxylic acids is 2. The number of benzene rings is 2. The minimum absolute atomic E-state index is 0.0000425. The Morgan fingerprint density at radius 2 is 1.78 bits per heavy atom. The van der Waals surface area contributed by atoms with Crippen molar-refractivity contribution >= 4 is 17.6 Å². The zero-order valence-electron chi connectivity index (χ0n) is 18.3. The van der Waals surface area contributed by atoms with Gasteiger partial charge in [-0.3, -0.25) is 9.69 Å². The molecule has 0 aliphatic heterocycles. The zero-order valence-corrected chi connectivity index (χ0v) is 18.3. The minimum Gasteiger partial charge on any atom is -0.481 e. The highest BCUT2D eigenvalue weighted by atomic mass is 19.1. The molecule has 1 amide bonds. The van der Waals surface area contributed by atoms with Crippen LogP contribution in [0.15, 0.2) is 60.8 Å². The van der Waals surface area contributed by atoms with Crippen LogP contribution in [0.3, 0.4) is 0 Å². The molecule has 1 aromatic heterocycles. The molecule has 32 heavy (non-hydrogen) atoms. The molecule has 6 nitrogen and oxygen atoms in total. The van der Waals surface area contributed by atoms with E-state index in [4.69, 9.17) is 9.47 Å². The molecule has 0 saturated carbocycles. The van der Waals surface area contributed by atoms with Gasteiger partial charge in [0.15, 0.2) is 5.78 Å². The molecule has 0 spiro atoms. The summed E-state index contributed by atoms with van der Waals surface area (Å²) in [6.07, 6.45) is 1.88. The monoisotopic (exact) mass is 436 g/mol. The van der Waals surface area contributed by atoms with E-state index in [1.807, 2.05) is 12.1 Å². The first-order valence-electron chi connectivity index (χ1n) is 10.3.